The van der Waals surface area contributed by atoms with E-state index in [4.69, 9.17) is 9.47 Å². The Morgan fingerprint density at radius 2 is 1.89 bits per heavy atom. The fourth-order valence-electron chi connectivity index (χ4n) is 4.43. The van der Waals surface area contributed by atoms with E-state index in [1.807, 2.05) is 24.3 Å². The largest absolute Gasteiger partial charge is 0.489 e. The Labute approximate surface area is 219 Å². The Morgan fingerprint density at radius 3 is 2.66 bits per heavy atom. The van der Waals surface area contributed by atoms with Gasteiger partial charge in [-0.25, -0.2) is 9.18 Å². The van der Waals surface area contributed by atoms with Gasteiger partial charge in [0.25, 0.3) is 0 Å². The molecule has 2 atom stereocenters. The van der Waals surface area contributed by atoms with Crippen LogP contribution < -0.4 is 14.8 Å². The monoisotopic (exact) mass is 514 g/mol. The fourth-order valence-corrected chi connectivity index (χ4v) is 4.43. The first kappa shape index (κ1) is 25.4. The van der Waals surface area contributed by atoms with E-state index >= 15 is 0 Å². The van der Waals surface area contributed by atoms with Crippen LogP contribution in [-0.2, 0) is 6.42 Å². The molecule has 4 aromatic rings. The predicted molar refractivity (Wildman–Crippen MR) is 140 cm³/mol. The Kier molecular flexibility index (Phi) is 7.62. The highest BCUT2D eigenvalue weighted by Gasteiger charge is 2.21. The van der Waals surface area contributed by atoms with Crippen molar-refractivity contribution in [3.8, 4) is 28.4 Å². The molecule has 0 radical (unpaired) electrons. The number of rotatable bonds is 9. The summed E-state index contributed by atoms with van der Waals surface area (Å²) in [5, 5.41) is 23.2. The van der Waals surface area contributed by atoms with Gasteiger partial charge in [0.15, 0.2) is 0 Å². The summed E-state index contributed by atoms with van der Waals surface area (Å²) in [5.41, 5.74) is 3.55. The molecule has 0 unspecified atom stereocenters. The second-order valence-corrected chi connectivity index (χ2v) is 9.13. The average molecular weight is 515 g/mol. The van der Waals surface area contributed by atoms with Gasteiger partial charge < -0.3 is 25.0 Å². The van der Waals surface area contributed by atoms with Crippen molar-refractivity contribution in [3.63, 3.8) is 0 Å². The second-order valence-electron chi connectivity index (χ2n) is 9.13. The lowest BCUT2D eigenvalue weighted by molar-refractivity contribution is 0.0694. The zero-order valence-electron chi connectivity index (χ0n) is 20.5. The topological polar surface area (TPSA) is 101 Å². The number of carboxylic acid groups (broad SMARTS) is 1. The van der Waals surface area contributed by atoms with Crippen LogP contribution in [0.15, 0.2) is 85.2 Å². The molecule has 0 saturated heterocycles. The van der Waals surface area contributed by atoms with Crippen molar-refractivity contribution in [3.05, 3.63) is 108 Å². The molecule has 3 aromatic carbocycles. The number of nitrogens with zero attached hydrogens (tertiary/aromatic N) is 1. The van der Waals surface area contributed by atoms with Crippen LogP contribution in [0, 0.1) is 5.82 Å². The van der Waals surface area contributed by atoms with Crippen LogP contribution in [0.3, 0.4) is 0 Å². The van der Waals surface area contributed by atoms with Gasteiger partial charge in [-0.1, -0.05) is 18.2 Å². The molecule has 1 aliphatic rings. The Bertz CT molecular complexity index is 1410. The third-order valence-corrected chi connectivity index (χ3v) is 6.46. The molecule has 0 bridgehead atoms. The zero-order chi connectivity index (χ0) is 26.5. The quantitative estimate of drug-likeness (QED) is 0.275. The van der Waals surface area contributed by atoms with E-state index < -0.39 is 17.9 Å². The molecule has 5 rings (SSSR count). The number of aliphatic hydroxyl groups excluding tert-OH is 1. The molecule has 2 heterocycles. The van der Waals surface area contributed by atoms with E-state index in [1.165, 1.54) is 30.3 Å². The van der Waals surface area contributed by atoms with Crippen LogP contribution in [-0.4, -0.2) is 40.4 Å². The molecule has 194 valence electrons. The van der Waals surface area contributed by atoms with Crippen molar-refractivity contribution < 1.29 is 28.9 Å². The maximum Gasteiger partial charge on any atom is 0.339 e. The number of hydrogen-bond acceptors (Lipinski definition) is 6. The number of benzene rings is 3. The number of carboxylic acids is 1. The van der Waals surface area contributed by atoms with Crippen molar-refractivity contribution in [2.24, 2.45) is 0 Å². The molecule has 38 heavy (non-hydrogen) atoms. The standard InChI is InChI=1S/C30H27FN2O5/c31-23-6-9-24(10-7-23)37-29-15-20(4-11-26(29)30(35)36)19-5-12-28-21(14-19)3-8-25(38-28)17-33-18-27(34)22-2-1-13-32-16-22/h1-2,4-7,9-16,25,27,33-34H,3,8,17-18H2,(H,35,36)/t25-,27+/m1/s1. The fraction of sp³-hybridized carbons (Fsp3) is 0.200. The predicted octanol–water partition coefficient (Wildman–Crippen LogP) is 5.40. The Hall–Kier alpha value is -4.27. The molecule has 1 aliphatic heterocycles. The minimum Gasteiger partial charge on any atom is -0.489 e. The summed E-state index contributed by atoms with van der Waals surface area (Å²) in [6, 6.07) is 19.9. The Morgan fingerprint density at radius 1 is 1.11 bits per heavy atom. The molecule has 3 N–H and O–H groups in total. The highest BCUT2D eigenvalue weighted by atomic mass is 19.1. The number of fused-ring (bicyclic) bond motifs is 1. The van der Waals surface area contributed by atoms with E-state index in [-0.39, 0.29) is 17.4 Å². The number of aryl methyl sites for hydroxylation is 1. The summed E-state index contributed by atoms with van der Waals surface area (Å²) in [7, 11) is 0. The summed E-state index contributed by atoms with van der Waals surface area (Å²) < 4.78 is 25.2. The highest BCUT2D eigenvalue weighted by Crippen LogP contribution is 2.35. The maximum atomic E-state index is 13.3. The van der Waals surface area contributed by atoms with E-state index in [0.29, 0.717) is 18.8 Å². The second kappa shape index (κ2) is 11.4. The van der Waals surface area contributed by atoms with Gasteiger partial charge in [-0.3, -0.25) is 4.98 Å². The van der Waals surface area contributed by atoms with E-state index in [0.717, 1.165) is 40.8 Å². The summed E-state index contributed by atoms with van der Waals surface area (Å²) in [6.07, 6.45) is 4.33. The zero-order valence-corrected chi connectivity index (χ0v) is 20.5. The van der Waals surface area contributed by atoms with Crippen LogP contribution in [0.1, 0.15) is 34.0 Å². The molecule has 1 aromatic heterocycles. The average Bonchev–Trinajstić information content (AvgIpc) is 2.94. The smallest absolute Gasteiger partial charge is 0.339 e. The lowest BCUT2D eigenvalue weighted by Gasteiger charge is -2.27. The molecule has 0 saturated carbocycles. The first-order valence-corrected chi connectivity index (χ1v) is 12.4. The minimum absolute atomic E-state index is 0.0139. The van der Waals surface area contributed by atoms with Gasteiger partial charge in [0.2, 0.25) is 0 Å². The number of carbonyl (C=O) groups is 1. The number of halogens is 1. The molecule has 0 spiro atoms. The molecule has 7 nitrogen and oxygen atoms in total. The third kappa shape index (κ3) is 5.99. The van der Waals surface area contributed by atoms with E-state index in [1.54, 1.807) is 30.6 Å². The van der Waals surface area contributed by atoms with Crippen molar-refractivity contribution in [2.75, 3.05) is 13.1 Å². The van der Waals surface area contributed by atoms with Crippen LogP contribution in [0.2, 0.25) is 0 Å². The van der Waals surface area contributed by atoms with Crippen molar-refractivity contribution in [1.29, 1.82) is 0 Å². The normalized spacial score (nSPS) is 15.3. The van der Waals surface area contributed by atoms with Crippen LogP contribution in [0.25, 0.3) is 11.1 Å². The minimum atomic E-state index is -1.11. The van der Waals surface area contributed by atoms with Gasteiger partial charge in [-0.2, -0.15) is 0 Å². The molecular weight excluding hydrogens is 487 g/mol. The Balaban J connectivity index is 1.26. The molecule has 8 heteroatoms. The van der Waals surface area contributed by atoms with Crippen LogP contribution in [0.4, 0.5) is 4.39 Å². The van der Waals surface area contributed by atoms with Gasteiger partial charge in [0.05, 0.1) is 6.10 Å². The van der Waals surface area contributed by atoms with Crippen molar-refractivity contribution in [2.45, 2.75) is 25.0 Å². The number of aromatic carboxylic acids is 1. The van der Waals surface area contributed by atoms with Gasteiger partial charge >= 0.3 is 5.97 Å². The van der Waals surface area contributed by atoms with E-state index in [9.17, 15) is 19.4 Å². The van der Waals surface area contributed by atoms with Crippen LogP contribution >= 0.6 is 0 Å². The number of aliphatic hydroxyl groups is 1. The number of aromatic nitrogens is 1. The SMILES string of the molecule is O=C(O)c1ccc(-c2ccc3c(c2)CC[C@H](CNC[C@H](O)c2cccnc2)O3)cc1Oc1ccc(F)cc1. The maximum absolute atomic E-state index is 13.3. The lowest BCUT2D eigenvalue weighted by atomic mass is 9.96. The number of pyridine rings is 1. The summed E-state index contributed by atoms with van der Waals surface area (Å²) in [4.78, 5) is 15.8. The summed E-state index contributed by atoms with van der Waals surface area (Å²) in [6.45, 7) is 1.02. The van der Waals surface area contributed by atoms with E-state index in [2.05, 4.69) is 10.3 Å². The number of ether oxygens (including phenoxy) is 2. The number of hydrogen-bond donors (Lipinski definition) is 3. The first-order chi connectivity index (χ1) is 18.5. The summed E-state index contributed by atoms with van der Waals surface area (Å²) >= 11 is 0. The van der Waals surface area contributed by atoms with Crippen LogP contribution in [0.5, 0.6) is 17.2 Å². The van der Waals surface area contributed by atoms with Gasteiger partial charge in [0, 0.05) is 31.0 Å². The van der Waals surface area contributed by atoms with Gasteiger partial charge in [0.1, 0.15) is 34.7 Å². The van der Waals surface area contributed by atoms with Gasteiger partial charge in [-0.05, 0) is 84.1 Å². The summed E-state index contributed by atoms with van der Waals surface area (Å²) in [5.74, 6) is -0.182. The molecule has 0 amide bonds. The highest BCUT2D eigenvalue weighted by molar-refractivity contribution is 5.92. The third-order valence-electron chi connectivity index (χ3n) is 6.46. The molecule has 0 aliphatic carbocycles. The van der Waals surface area contributed by atoms with Crippen molar-refractivity contribution >= 4 is 5.97 Å². The number of nitrogens with one attached hydrogen (secondary N) is 1. The molecular formula is C30H27FN2O5. The first-order valence-electron chi connectivity index (χ1n) is 12.4. The van der Waals surface area contributed by atoms with Gasteiger partial charge in [-0.15, -0.1) is 0 Å². The molecule has 0 fully saturated rings. The lowest BCUT2D eigenvalue weighted by Crippen LogP contribution is -2.36. The van der Waals surface area contributed by atoms with Crippen molar-refractivity contribution in [1.82, 2.24) is 10.3 Å².